The van der Waals surface area contributed by atoms with Gasteiger partial charge in [-0.05, 0) is 31.6 Å². The van der Waals surface area contributed by atoms with Crippen molar-refractivity contribution in [3.63, 3.8) is 0 Å². The number of likely N-dealkylation sites (tertiary alicyclic amines) is 1. The second kappa shape index (κ2) is 10.6. The number of carbonyl (C=O) groups excluding carboxylic acids is 2. The lowest BCUT2D eigenvalue weighted by Gasteiger charge is -2.30. The molecule has 0 radical (unpaired) electrons. The zero-order valence-corrected chi connectivity index (χ0v) is 15.6. The Balaban J connectivity index is 2.69. The monoisotopic (exact) mass is 365 g/mol. The van der Waals surface area contributed by atoms with Crippen LogP contribution in [0.15, 0.2) is 4.99 Å². The van der Waals surface area contributed by atoms with E-state index in [-0.39, 0.29) is 23.7 Å². The van der Waals surface area contributed by atoms with E-state index in [4.69, 9.17) is 17.2 Å². The molecule has 0 spiro atoms. The van der Waals surface area contributed by atoms with E-state index in [9.17, 15) is 14.9 Å². The summed E-state index contributed by atoms with van der Waals surface area (Å²) in [6.45, 7) is 4.81. The summed E-state index contributed by atoms with van der Waals surface area (Å²) in [7, 11) is 0. The molecular formula is C17H31N7O2. The molecule has 1 saturated heterocycles. The molecule has 0 aliphatic carbocycles. The van der Waals surface area contributed by atoms with Crippen LogP contribution in [0.2, 0.25) is 0 Å². The van der Waals surface area contributed by atoms with Gasteiger partial charge in [0.15, 0.2) is 5.96 Å². The average molecular weight is 365 g/mol. The SMILES string of the molecule is CC[C@H](C)[C@H](NC(=O)[C@@H](N)CCCN=C(N)N)C(=O)N1CCC[C@H]1C#N. The predicted octanol–water partition coefficient (Wildman–Crippen LogP) is -0.587. The minimum Gasteiger partial charge on any atom is -0.370 e. The Bertz CT molecular complexity index is 554. The van der Waals surface area contributed by atoms with Crippen LogP contribution in [0.25, 0.3) is 0 Å². The number of rotatable bonds is 9. The molecule has 9 nitrogen and oxygen atoms in total. The maximum atomic E-state index is 12.9. The quantitative estimate of drug-likeness (QED) is 0.242. The average Bonchev–Trinajstić information content (AvgIpc) is 3.10. The number of guanidine groups is 1. The van der Waals surface area contributed by atoms with Crippen LogP contribution in [0.5, 0.6) is 0 Å². The molecule has 7 N–H and O–H groups in total. The lowest BCUT2D eigenvalue weighted by molar-refractivity contribution is -0.138. The van der Waals surface area contributed by atoms with Gasteiger partial charge in [0.25, 0.3) is 0 Å². The Morgan fingerprint density at radius 3 is 2.69 bits per heavy atom. The molecule has 1 fully saturated rings. The fourth-order valence-corrected chi connectivity index (χ4v) is 2.94. The Hall–Kier alpha value is -2.34. The van der Waals surface area contributed by atoms with Gasteiger partial charge < -0.3 is 27.4 Å². The number of amides is 2. The third-order valence-electron chi connectivity index (χ3n) is 4.77. The minimum absolute atomic E-state index is 0.00288. The van der Waals surface area contributed by atoms with Crippen LogP contribution in [-0.2, 0) is 9.59 Å². The lowest BCUT2D eigenvalue weighted by Crippen LogP contribution is -2.55. The van der Waals surface area contributed by atoms with Crippen molar-refractivity contribution in [1.82, 2.24) is 10.2 Å². The normalized spacial score (nSPS) is 19.9. The summed E-state index contributed by atoms with van der Waals surface area (Å²) in [6.07, 6.45) is 3.18. The van der Waals surface area contributed by atoms with Crippen LogP contribution in [0, 0.1) is 17.2 Å². The van der Waals surface area contributed by atoms with Gasteiger partial charge in [-0.25, -0.2) is 0 Å². The number of nitrogens with two attached hydrogens (primary N) is 3. The molecule has 1 aliphatic rings. The van der Waals surface area contributed by atoms with E-state index in [0.29, 0.717) is 32.4 Å². The molecule has 0 aromatic rings. The van der Waals surface area contributed by atoms with Crippen molar-refractivity contribution in [3.8, 4) is 6.07 Å². The van der Waals surface area contributed by atoms with E-state index in [1.165, 1.54) is 0 Å². The van der Waals surface area contributed by atoms with Crippen molar-refractivity contribution in [2.24, 2.45) is 28.1 Å². The minimum atomic E-state index is -0.742. The van der Waals surface area contributed by atoms with Crippen LogP contribution in [-0.4, -0.2) is 53.9 Å². The molecule has 0 aromatic carbocycles. The van der Waals surface area contributed by atoms with Gasteiger partial charge in [-0.2, -0.15) is 5.26 Å². The number of aliphatic imine (C=N–C) groups is 1. The van der Waals surface area contributed by atoms with Crippen LogP contribution in [0.4, 0.5) is 0 Å². The second-order valence-corrected chi connectivity index (χ2v) is 6.75. The maximum absolute atomic E-state index is 12.9. The summed E-state index contributed by atoms with van der Waals surface area (Å²) in [5.41, 5.74) is 16.4. The van der Waals surface area contributed by atoms with E-state index < -0.39 is 18.1 Å². The van der Waals surface area contributed by atoms with Crippen molar-refractivity contribution in [3.05, 3.63) is 0 Å². The maximum Gasteiger partial charge on any atom is 0.246 e. The molecule has 146 valence electrons. The summed E-state index contributed by atoms with van der Waals surface area (Å²) < 4.78 is 0. The summed E-state index contributed by atoms with van der Waals surface area (Å²) in [5.74, 6) is -0.631. The zero-order valence-electron chi connectivity index (χ0n) is 15.6. The summed E-state index contributed by atoms with van der Waals surface area (Å²) in [5, 5.41) is 12.0. The highest BCUT2D eigenvalue weighted by Crippen LogP contribution is 2.20. The highest BCUT2D eigenvalue weighted by molar-refractivity contribution is 5.90. The highest BCUT2D eigenvalue weighted by atomic mass is 16.2. The summed E-state index contributed by atoms with van der Waals surface area (Å²) in [4.78, 5) is 30.7. The molecule has 26 heavy (non-hydrogen) atoms. The Kier molecular flexibility index (Phi) is 8.85. The Morgan fingerprint density at radius 1 is 1.42 bits per heavy atom. The molecule has 2 amide bonds. The molecule has 9 heteroatoms. The van der Waals surface area contributed by atoms with Crippen molar-refractivity contribution in [2.75, 3.05) is 13.1 Å². The number of hydrogen-bond donors (Lipinski definition) is 4. The first-order valence-electron chi connectivity index (χ1n) is 9.13. The number of carbonyl (C=O) groups is 2. The number of hydrogen-bond acceptors (Lipinski definition) is 5. The molecule has 1 aliphatic heterocycles. The van der Waals surface area contributed by atoms with Crippen LogP contribution in [0.1, 0.15) is 46.0 Å². The molecule has 1 rings (SSSR count). The topological polar surface area (TPSA) is 164 Å². The zero-order chi connectivity index (χ0) is 19.7. The molecular weight excluding hydrogens is 334 g/mol. The van der Waals surface area contributed by atoms with Crippen LogP contribution < -0.4 is 22.5 Å². The molecule has 0 unspecified atom stereocenters. The fourth-order valence-electron chi connectivity index (χ4n) is 2.94. The van der Waals surface area contributed by atoms with Gasteiger partial charge in [0, 0.05) is 13.1 Å². The predicted molar refractivity (Wildman–Crippen MR) is 99.6 cm³/mol. The van der Waals surface area contributed by atoms with Crippen LogP contribution >= 0.6 is 0 Å². The van der Waals surface area contributed by atoms with Gasteiger partial charge in [0.05, 0.1) is 12.1 Å². The van der Waals surface area contributed by atoms with Gasteiger partial charge >= 0.3 is 0 Å². The highest BCUT2D eigenvalue weighted by Gasteiger charge is 2.36. The summed E-state index contributed by atoms with van der Waals surface area (Å²) >= 11 is 0. The lowest BCUT2D eigenvalue weighted by atomic mass is 9.96. The van der Waals surface area contributed by atoms with Gasteiger partial charge in [0.2, 0.25) is 11.8 Å². The van der Waals surface area contributed by atoms with E-state index in [1.54, 1.807) is 4.90 Å². The van der Waals surface area contributed by atoms with Crippen molar-refractivity contribution < 1.29 is 9.59 Å². The van der Waals surface area contributed by atoms with Gasteiger partial charge in [0.1, 0.15) is 12.1 Å². The second-order valence-electron chi connectivity index (χ2n) is 6.75. The first-order valence-corrected chi connectivity index (χ1v) is 9.13. The van der Waals surface area contributed by atoms with Gasteiger partial charge in [-0.1, -0.05) is 20.3 Å². The molecule has 0 bridgehead atoms. The molecule has 1 heterocycles. The third-order valence-corrected chi connectivity index (χ3v) is 4.77. The Labute approximate surface area is 155 Å². The standard InChI is InChI=1S/C17H31N7O2/c1-3-11(2)14(16(26)24-9-5-6-12(24)10-18)23-15(25)13(19)7-4-8-22-17(20)21/h11-14H,3-9,19H2,1-2H3,(H,23,25)(H4,20,21,22)/t11-,12-,13-,14-/m0/s1. The van der Waals surface area contributed by atoms with E-state index in [1.807, 2.05) is 13.8 Å². The van der Waals surface area contributed by atoms with Crippen LogP contribution in [0.3, 0.4) is 0 Å². The first-order chi connectivity index (χ1) is 12.3. The molecule has 0 aromatic heterocycles. The number of nitriles is 1. The van der Waals surface area contributed by atoms with Gasteiger partial charge in [-0.15, -0.1) is 0 Å². The fraction of sp³-hybridized carbons (Fsp3) is 0.765. The molecule has 0 saturated carbocycles. The van der Waals surface area contributed by atoms with E-state index >= 15 is 0 Å². The largest absolute Gasteiger partial charge is 0.370 e. The summed E-state index contributed by atoms with van der Waals surface area (Å²) in [6, 6.07) is 0.326. The number of nitrogens with zero attached hydrogens (tertiary/aromatic N) is 3. The molecule has 4 atom stereocenters. The third kappa shape index (κ3) is 6.19. The Morgan fingerprint density at radius 2 is 2.12 bits per heavy atom. The smallest absolute Gasteiger partial charge is 0.246 e. The van der Waals surface area contributed by atoms with E-state index in [2.05, 4.69) is 16.4 Å². The number of nitrogens with one attached hydrogen (secondary N) is 1. The van der Waals surface area contributed by atoms with E-state index in [0.717, 1.165) is 12.8 Å². The van der Waals surface area contributed by atoms with Crippen molar-refractivity contribution >= 4 is 17.8 Å². The van der Waals surface area contributed by atoms with Crippen molar-refractivity contribution in [2.45, 2.75) is 64.1 Å². The van der Waals surface area contributed by atoms with Crippen molar-refractivity contribution in [1.29, 1.82) is 5.26 Å². The van der Waals surface area contributed by atoms with Gasteiger partial charge in [-0.3, -0.25) is 14.6 Å². The first kappa shape index (κ1) is 21.7.